The number of carbonyl (C=O) groups excluding carboxylic acids is 1. The van der Waals surface area contributed by atoms with Crippen LogP contribution in [-0.4, -0.2) is 30.8 Å². The highest BCUT2D eigenvalue weighted by Gasteiger charge is 2.12. The number of carbonyl (C=O) groups is 1. The molecule has 0 aromatic heterocycles. The number of nitrogens with zero attached hydrogens (tertiary/aromatic N) is 1. The first-order chi connectivity index (χ1) is 5.33. The highest BCUT2D eigenvalue weighted by atomic mass is 16.1. The summed E-state index contributed by atoms with van der Waals surface area (Å²) >= 11 is 0. The molecule has 2 nitrogen and oxygen atoms in total. The molecule has 1 aliphatic rings. The minimum Gasteiger partial charge on any atom is -0.303 e. The molecule has 0 aromatic rings. The third-order valence-corrected chi connectivity index (χ3v) is 2.23. The molecule has 1 saturated heterocycles. The Bertz CT molecular complexity index is 119. The molecular formula is C9H17NO. The number of rotatable bonds is 3. The first kappa shape index (κ1) is 8.72. The van der Waals surface area contributed by atoms with Crippen molar-refractivity contribution in [1.29, 1.82) is 0 Å². The van der Waals surface area contributed by atoms with Gasteiger partial charge in [-0.2, -0.15) is 0 Å². The molecule has 0 aromatic carbocycles. The molecule has 1 aliphatic heterocycles. The van der Waals surface area contributed by atoms with Crippen molar-refractivity contribution in [2.75, 3.05) is 19.6 Å². The highest BCUT2D eigenvalue weighted by Crippen LogP contribution is 2.09. The fraction of sp³-hybridized carbons (Fsp3) is 0.889. The van der Waals surface area contributed by atoms with E-state index in [-0.39, 0.29) is 5.92 Å². The lowest BCUT2D eigenvalue weighted by Crippen LogP contribution is -2.33. The van der Waals surface area contributed by atoms with Crippen LogP contribution in [0.2, 0.25) is 0 Å². The molecule has 0 spiro atoms. The van der Waals surface area contributed by atoms with Gasteiger partial charge < -0.3 is 9.69 Å². The molecule has 1 unspecified atom stereocenters. The quantitative estimate of drug-likeness (QED) is 0.573. The van der Waals surface area contributed by atoms with Crippen LogP contribution in [0, 0.1) is 5.92 Å². The van der Waals surface area contributed by atoms with Gasteiger partial charge in [0, 0.05) is 12.5 Å². The molecule has 1 fully saturated rings. The lowest BCUT2D eigenvalue weighted by Gasteiger charge is -2.27. The van der Waals surface area contributed by atoms with Gasteiger partial charge in [-0.1, -0.05) is 13.3 Å². The number of likely N-dealkylation sites (tertiary alicyclic amines) is 1. The third kappa shape index (κ3) is 3.02. The highest BCUT2D eigenvalue weighted by molar-refractivity contribution is 5.52. The molecule has 0 aliphatic carbocycles. The van der Waals surface area contributed by atoms with Gasteiger partial charge >= 0.3 is 0 Å². The van der Waals surface area contributed by atoms with E-state index in [0.717, 1.165) is 12.8 Å². The molecule has 0 saturated carbocycles. The zero-order valence-corrected chi connectivity index (χ0v) is 7.25. The fourth-order valence-electron chi connectivity index (χ4n) is 1.59. The first-order valence-corrected chi connectivity index (χ1v) is 4.50. The van der Waals surface area contributed by atoms with Crippen LogP contribution in [-0.2, 0) is 4.79 Å². The van der Waals surface area contributed by atoms with Gasteiger partial charge in [0.25, 0.3) is 0 Å². The largest absolute Gasteiger partial charge is 0.303 e. The van der Waals surface area contributed by atoms with Crippen molar-refractivity contribution in [3.63, 3.8) is 0 Å². The molecule has 1 atom stereocenters. The second-order valence-electron chi connectivity index (χ2n) is 3.47. The summed E-state index contributed by atoms with van der Waals surface area (Å²) < 4.78 is 0. The molecule has 1 heterocycles. The predicted molar refractivity (Wildman–Crippen MR) is 45.5 cm³/mol. The lowest BCUT2D eigenvalue weighted by atomic mass is 10.1. The Morgan fingerprint density at radius 3 is 2.55 bits per heavy atom. The van der Waals surface area contributed by atoms with Gasteiger partial charge in [0.2, 0.25) is 0 Å². The van der Waals surface area contributed by atoms with Crippen LogP contribution in [0.3, 0.4) is 0 Å². The standard InChI is InChI=1S/C9H17NO/c1-9(8-11)7-10-5-3-2-4-6-10/h8-9H,2-7H2,1H3. The Morgan fingerprint density at radius 1 is 1.36 bits per heavy atom. The average Bonchev–Trinajstić information content (AvgIpc) is 2.06. The molecule has 1 rings (SSSR count). The summed E-state index contributed by atoms with van der Waals surface area (Å²) in [4.78, 5) is 12.7. The van der Waals surface area contributed by atoms with E-state index in [1.165, 1.54) is 32.4 Å². The van der Waals surface area contributed by atoms with Crippen LogP contribution in [0.4, 0.5) is 0 Å². The van der Waals surface area contributed by atoms with Crippen molar-refractivity contribution in [2.45, 2.75) is 26.2 Å². The van der Waals surface area contributed by atoms with Gasteiger partial charge in [-0.25, -0.2) is 0 Å². The minimum atomic E-state index is 0.216. The fourth-order valence-corrected chi connectivity index (χ4v) is 1.59. The minimum absolute atomic E-state index is 0.216. The summed E-state index contributed by atoms with van der Waals surface area (Å²) in [5.41, 5.74) is 0. The normalized spacial score (nSPS) is 23.0. The Morgan fingerprint density at radius 2 is 2.00 bits per heavy atom. The Kier molecular flexibility index (Phi) is 3.57. The van der Waals surface area contributed by atoms with Crippen molar-refractivity contribution < 1.29 is 4.79 Å². The smallest absolute Gasteiger partial charge is 0.124 e. The van der Waals surface area contributed by atoms with Crippen LogP contribution >= 0.6 is 0 Å². The molecule has 0 bridgehead atoms. The van der Waals surface area contributed by atoms with Crippen molar-refractivity contribution in [1.82, 2.24) is 4.90 Å². The van der Waals surface area contributed by atoms with Crippen LogP contribution in [0.15, 0.2) is 0 Å². The van der Waals surface area contributed by atoms with Gasteiger partial charge in [-0.3, -0.25) is 0 Å². The number of hydrogen-bond donors (Lipinski definition) is 0. The zero-order valence-electron chi connectivity index (χ0n) is 7.25. The van der Waals surface area contributed by atoms with Crippen molar-refractivity contribution in [2.24, 2.45) is 5.92 Å². The van der Waals surface area contributed by atoms with Crippen molar-refractivity contribution >= 4 is 6.29 Å². The molecule has 11 heavy (non-hydrogen) atoms. The van der Waals surface area contributed by atoms with Crippen LogP contribution < -0.4 is 0 Å². The summed E-state index contributed by atoms with van der Waals surface area (Å²) in [6.45, 7) is 5.33. The van der Waals surface area contributed by atoms with Crippen LogP contribution in [0.25, 0.3) is 0 Å². The van der Waals surface area contributed by atoms with Crippen LogP contribution in [0.5, 0.6) is 0 Å². The maximum Gasteiger partial charge on any atom is 0.124 e. The summed E-state index contributed by atoms with van der Waals surface area (Å²) in [7, 11) is 0. The zero-order chi connectivity index (χ0) is 8.10. The predicted octanol–water partition coefficient (Wildman–Crippen LogP) is 1.31. The maximum atomic E-state index is 10.4. The Labute approximate surface area is 68.6 Å². The molecule has 0 amide bonds. The summed E-state index contributed by atoms with van der Waals surface area (Å²) in [6, 6.07) is 0. The number of piperidine rings is 1. The van der Waals surface area contributed by atoms with Gasteiger partial charge in [-0.15, -0.1) is 0 Å². The summed E-state index contributed by atoms with van der Waals surface area (Å²) in [5.74, 6) is 0.216. The van der Waals surface area contributed by atoms with E-state index in [1.807, 2.05) is 6.92 Å². The topological polar surface area (TPSA) is 20.3 Å². The maximum absolute atomic E-state index is 10.4. The second kappa shape index (κ2) is 4.50. The molecular weight excluding hydrogens is 138 g/mol. The molecule has 2 heteroatoms. The summed E-state index contributed by atoms with van der Waals surface area (Å²) in [6.07, 6.45) is 5.04. The van der Waals surface area contributed by atoms with Gasteiger partial charge in [0.1, 0.15) is 6.29 Å². The SMILES string of the molecule is CC(C=O)CN1CCCCC1. The van der Waals surface area contributed by atoms with Crippen LogP contribution in [0.1, 0.15) is 26.2 Å². The lowest BCUT2D eigenvalue weighted by molar-refractivity contribution is -0.111. The van der Waals surface area contributed by atoms with E-state index in [9.17, 15) is 4.79 Å². The van der Waals surface area contributed by atoms with E-state index in [0.29, 0.717) is 0 Å². The van der Waals surface area contributed by atoms with Crippen molar-refractivity contribution in [3.8, 4) is 0 Å². The second-order valence-corrected chi connectivity index (χ2v) is 3.47. The van der Waals surface area contributed by atoms with Gasteiger partial charge in [0.05, 0.1) is 0 Å². The van der Waals surface area contributed by atoms with Gasteiger partial charge in [-0.05, 0) is 25.9 Å². The van der Waals surface area contributed by atoms with E-state index in [2.05, 4.69) is 4.90 Å². The van der Waals surface area contributed by atoms with Gasteiger partial charge in [0.15, 0.2) is 0 Å². The first-order valence-electron chi connectivity index (χ1n) is 4.50. The molecule has 64 valence electrons. The third-order valence-electron chi connectivity index (χ3n) is 2.23. The molecule has 0 radical (unpaired) electrons. The summed E-state index contributed by atoms with van der Waals surface area (Å²) in [5, 5.41) is 0. The Balaban J connectivity index is 2.18. The molecule has 0 N–H and O–H groups in total. The number of aldehydes is 1. The Hall–Kier alpha value is -0.370. The van der Waals surface area contributed by atoms with E-state index < -0.39 is 0 Å². The van der Waals surface area contributed by atoms with Crippen molar-refractivity contribution in [3.05, 3.63) is 0 Å². The monoisotopic (exact) mass is 155 g/mol. The number of hydrogen-bond acceptors (Lipinski definition) is 2. The average molecular weight is 155 g/mol. The van der Waals surface area contributed by atoms with E-state index >= 15 is 0 Å². The van der Waals surface area contributed by atoms with E-state index in [1.54, 1.807) is 0 Å². The van der Waals surface area contributed by atoms with E-state index in [4.69, 9.17) is 0 Å².